The van der Waals surface area contributed by atoms with Crippen LogP contribution >= 0.6 is 0 Å². The molecule has 26 heavy (non-hydrogen) atoms. The van der Waals surface area contributed by atoms with Crippen molar-refractivity contribution in [2.24, 2.45) is 0 Å². The molecule has 12 heteroatoms. The summed E-state index contributed by atoms with van der Waals surface area (Å²) in [7, 11) is -2.58. The minimum atomic E-state index is -4.71. The van der Waals surface area contributed by atoms with Crippen LogP contribution in [0.3, 0.4) is 0 Å². The number of hydrogen-bond acceptors (Lipinski definition) is 7. The molecule has 1 saturated heterocycles. The van der Waals surface area contributed by atoms with E-state index < -0.39 is 34.1 Å². The maximum Gasteiger partial charge on any atom is 0.452 e. The van der Waals surface area contributed by atoms with Crippen molar-refractivity contribution in [1.82, 2.24) is 9.88 Å². The van der Waals surface area contributed by atoms with Gasteiger partial charge in [0.25, 0.3) is 0 Å². The second-order valence-corrected chi connectivity index (χ2v) is 7.33. The number of hydrogen-bond donors (Lipinski definition) is 1. The van der Waals surface area contributed by atoms with Crippen molar-refractivity contribution in [1.29, 1.82) is 0 Å². The summed E-state index contributed by atoms with van der Waals surface area (Å²) in [6.45, 7) is 1.76. The van der Waals surface area contributed by atoms with Crippen LogP contribution in [0.4, 0.5) is 13.2 Å². The molecule has 0 radical (unpaired) electrons. The third-order valence-corrected chi connectivity index (χ3v) is 5.44. The van der Waals surface area contributed by atoms with E-state index in [1.807, 2.05) is 0 Å². The molecule has 2 atom stereocenters. The van der Waals surface area contributed by atoms with Gasteiger partial charge >= 0.3 is 6.18 Å². The van der Waals surface area contributed by atoms with E-state index in [0.717, 1.165) is 6.07 Å². The topological polar surface area (TPSA) is 104 Å². The Hall–Kier alpha value is -1.89. The van der Waals surface area contributed by atoms with Crippen molar-refractivity contribution < 1.29 is 40.0 Å². The van der Waals surface area contributed by atoms with Crippen molar-refractivity contribution in [3.05, 3.63) is 23.7 Å². The molecule has 1 aliphatic rings. The number of nitrogens with one attached hydrogen (secondary N) is 1. The highest BCUT2D eigenvalue weighted by Crippen LogP contribution is 2.34. The summed E-state index contributed by atoms with van der Waals surface area (Å²) in [6, 6.07) is 1.13. The van der Waals surface area contributed by atoms with E-state index in [9.17, 15) is 21.6 Å². The number of rotatable bonds is 5. The fourth-order valence-electron chi connectivity index (χ4n) is 2.52. The van der Waals surface area contributed by atoms with Crippen LogP contribution in [0.25, 0.3) is 11.5 Å². The number of alkyl halides is 3. The highest BCUT2D eigenvalue weighted by molar-refractivity contribution is 7.89. The average molecular weight is 396 g/mol. The number of methoxy groups -OCH3 is 1. The first kappa shape index (κ1) is 18.9. The third-order valence-electron chi connectivity index (χ3n) is 3.84. The number of ether oxygens (including phenoxy) is 2. The Bertz CT molecular complexity index is 889. The molecule has 1 N–H and O–H groups in total. The highest BCUT2D eigenvalue weighted by Gasteiger charge is 2.37. The van der Waals surface area contributed by atoms with E-state index in [1.54, 1.807) is 0 Å². The van der Waals surface area contributed by atoms with E-state index in [4.69, 9.17) is 13.9 Å². The summed E-state index contributed by atoms with van der Waals surface area (Å²) >= 11 is 0. The van der Waals surface area contributed by atoms with Gasteiger partial charge in [-0.05, 0) is 6.92 Å². The Morgan fingerprint density at radius 3 is 2.65 bits per heavy atom. The molecule has 3 heterocycles. The number of furan rings is 1. The fraction of sp³-hybridized carbons (Fsp3) is 0.500. The summed E-state index contributed by atoms with van der Waals surface area (Å²) in [4.78, 5) is -0.217. The molecular weight excluding hydrogens is 381 g/mol. The quantitative estimate of drug-likeness (QED) is 0.824. The van der Waals surface area contributed by atoms with Gasteiger partial charge in [0.1, 0.15) is 16.3 Å². The highest BCUT2D eigenvalue weighted by atomic mass is 32.2. The largest absolute Gasteiger partial charge is 0.458 e. The zero-order valence-electron chi connectivity index (χ0n) is 13.7. The minimum absolute atomic E-state index is 0.00283. The number of aromatic nitrogens is 1. The van der Waals surface area contributed by atoms with E-state index in [2.05, 4.69) is 14.4 Å². The molecule has 1 aliphatic heterocycles. The molecule has 0 bridgehead atoms. The third kappa shape index (κ3) is 3.63. The minimum Gasteiger partial charge on any atom is -0.458 e. The monoisotopic (exact) mass is 396 g/mol. The van der Waals surface area contributed by atoms with Crippen LogP contribution in [0.15, 0.2) is 26.0 Å². The Balaban J connectivity index is 1.86. The van der Waals surface area contributed by atoms with Crippen molar-refractivity contribution in [3.8, 4) is 11.5 Å². The fourth-order valence-corrected chi connectivity index (χ4v) is 3.95. The van der Waals surface area contributed by atoms with E-state index in [0.29, 0.717) is 6.07 Å². The van der Waals surface area contributed by atoms with Crippen molar-refractivity contribution >= 4 is 10.0 Å². The number of nitrogens with zero attached hydrogens (tertiary/aromatic N) is 1. The molecular formula is C14H15F3N2O6S. The van der Waals surface area contributed by atoms with Gasteiger partial charge in [0, 0.05) is 19.2 Å². The summed E-state index contributed by atoms with van der Waals surface area (Å²) in [6.07, 6.45) is -5.15. The van der Waals surface area contributed by atoms with Crippen LogP contribution in [-0.4, -0.2) is 46.0 Å². The Labute approximate surface area is 146 Å². The Morgan fingerprint density at radius 1 is 1.31 bits per heavy atom. The molecule has 2 aromatic rings. The second kappa shape index (κ2) is 6.68. The lowest BCUT2D eigenvalue weighted by molar-refractivity contribution is -0.155. The molecule has 1 fully saturated rings. The first-order valence-electron chi connectivity index (χ1n) is 7.39. The molecule has 0 aromatic carbocycles. The number of aryl methyl sites for hydroxylation is 1. The van der Waals surface area contributed by atoms with Crippen molar-refractivity contribution in [2.45, 2.75) is 30.1 Å². The van der Waals surface area contributed by atoms with Gasteiger partial charge in [-0.1, -0.05) is 5.16 Å². The van der Waals surface area contributed by atoms with Gasteiger partial charge in [-0.15, -0.1) is 0 Å². The van der Waals surface area contributed by atoms with Gasteiger partial charge in [0.15, 0.2) is 5.76 Å². The van der Waals surface area contributed by atoms with Gasteiger partial charge in [-0.25, -0.2) is 13.1 Å². The molecule has 0 saturated carbocycles. The maximum absolute atomic E-state index is 12.6. The Morgan fingerprint density at radius 2 is 2.04 bits per heavy atom. The van der Waals surface area contributed by atoms with Gasteiger partial charge < -0.3 is 18.4 Å². The molecule has 3 rings (SSSR count). The van der Waals surface area contributed by atoms with Crippen molar-refractivity contribution in [2.75, 3.05) is 20.3 Å². The normalized spacial score (nSPS) is 21.4. The van der Waals surface area contributed by atoms with Crippen molar-refractivity contribution in [3.63, 3.8) is 0 Å². The molecule has 0 amide bonds. The number of halogens is 3. The molecule has 2 aromatic heterocycles. The predicted octanol–water partition coefficient (Wildman–Crippen LogP) is 1.95. The summed E-state index contributed by atoms with van der Waals surface area (Å²) in [5, 5.41) is 3.27. The van der Waals surface area contributed by atoms with Gasteiger partial charge in [0.2, 0.25) is 15.8 Å². The lowest BCUT2D eigenvalue weighted by atomic mass is 10.2. The summed E-state index contributed by atoms with van der Waals surface area (Å²) < 4.78 is 85.2. The molecule has 8 nitrogen and oxygen atoms in total. The van der Waals surface area contributed by atoms with Crippen LogP contribution in [0, 0.1) is 6.92 Å². The number of sulfonamides is 1. The lowest BCUT2D eigenvalue weighted by Crippen LogP contribution is -2.43. The van der Waals surface area contributed by atoms with E-state index in [-0.39, 0.29) is 35.3 Å². The first-order chi connectivity index (χ1) is 12.1. The summed E-state index contributed by atoms with van der Waals surface area (Å²) in [5.74, 6) is -1.47. The molecule has 0 spiro atoms. The standard InChI is InChI=1S/C14H15F3N2O6S/c1-7-12(26(20,21)19-9-5-23-6-11(9)22-2)4-10(24-7)8-3-13(25-18-8)14(15,16)17/h3-4,9,11,19H,5-6H2,1-2H3. The average Bonchev–Trinajstić information content (AvgIpc) is 3.24. The van der Waals surface area contributed by atoms with E-state index >= 15 is 0 Å². The van der Waals surface area contributed by atoms with Crippen LogP contribution in [-0.2, 0) is 25.7 Å². The lowest BCUT2D eigenvalue weighted by Gasteiger charge is -2.17. The van der Waals surface area contributed by atoms with Gasteiger partial charge in [-0.2, -0.15) is 13.2 Å². The van der Waals surface area contributed by atoms with E-state index in [1.165, 1.54) is 14.0 Å². The van der Waals surface area contributed by atoms with Crippen LogP contribution in [0.2, 0.25) is 0 Å². The molecule has 2 unspecified atom stereocenters. The van der Waals surface area contributed by atoms with Gasteiger partial charge in [-0.3, -0.25) is 0 Å². The van der Waals surface area contributed by atoms with Gasteiger partial charge in [0.05, 0.1) is 25.4 Å². The maximum atomic E-state index is 12.6. The zero-order chi connectivity index (χ0) is 19.1. The molecule has 144 valence electrons. The Kier molecular flexibility index (Phi) is 4.86. The van der Waals surface area contributed by atoms with Crippen LogP contribution in [0.5, 0.6) is 0 Å². The predicted molar refractivity (Wildman–Crippen MR) is 79.7 cm³/mol. The van der Waals surface area contributed by atoms with Crippen LogP contribution < -0.4 is 4.72 Å². The smallest absolute Gasteiger partial charge is 0.452 e. The SMILES string of the molecule is COC1COCC1NS(=O)(=O)c1cc(-c2cc(C(F)(F)F)on2)oc1C. The molecule has 0 aliphatic carbocycles. The van der Waals surface area contributed by atoms with Crippen LogP contribution in [0.1, 0.15) is 11.5 Å². The first-order valence-corrected chi connectivity index (χ1v) is 8.87. The zero-order valence-corrected chi connectivity index (χ0v) is 14.5. The second-order valence-electron chi connectivity index (χ2n) is 5.64. The summed E-state index contributed by atoms with van der Waals surface area (Å²) in [5.41, 5.74) is -0.263.